The van der Waals surface area contributed by atoms with E-state index in [9.17, 15) is 18.7 Å². The van der Waals surface area contributed by atoms with Gasteiger partial charge in [-0.1, -0.05) is 11.6 Å². The van der Waals surface area contributed by atoms with Crippen molar-refractivity contribution in [1.29, 1.82) is 0 Å². The number of carboxylic acid groups (broad SMARTS) is 1. The van der Waals surface area contributed by atoms with Crippen LogP contribution < -0.4 is 9.84 Å². The Labute approximate surface area is 152 Å². The Balaban J connectivity index is 1.79. The minimum absolute atomic E-state index is 0.108. The maximum atomic E-state index is 13.7. The van der Waals surface area contributed by atoms with Gasteiger partial charge in [-0.2, -0.15) is 0 Å². The fourth-order valence-corrected chi connectivity index (χ4v) is 2.59. The molecule has 134 valence electrons. The first-order valence-corrected chi connectivity index (χ1v) is 7.95. The molecule has 1 heterocycles. The van der Waals surface area contributed by atoms with Gasteiger partial charge in [0.15, 0.2) is 0 Å². The zero-order valence-electron chi connectivity index (χ0n) is 13.3. The molecule has 0 unspecified atom stereocenters. The first-order valence-electron chi connectivity index (χ1n) is 7.57. The lowest BCUT2D eigenvalue weighted by Crippen LogP contribution is -2.21. The predicted molar refractivity (Wildman–Crippen MR) is 88.0 cm³/mol. The Morgan fingerprint density at radius 3 is 2.58 bits per heavy atom. The van der Waals surface area contributed by atoms with Crippen molar-refractivity contribution in [3.63, 3.8) is 0 Å². The van der Waals surface area contributed by atoms with Gasteiger partial charge in [-0.05, 0) is 42.5 Å². The van der Waals surface area contributed by atoms with Crippen molar-refractivity contribution in [2.45, 2.75) is 13.0 Å². The molecule has 0 saturated carbocycles. The molecular formula is C19H12ClF2O4-. The number of hydrogen-bond donors (Lipinski definition) is 0. The molecule has 26 heavy (non-hydrogen) atoms. The van der Waals surface area contributed by atoms with Crippen LogP contribution in [0, 0.1) is 11.6 Å². The van der Waals surface area contributed by atoms with E-state index in [1.54, 1.807) is 18.2 Å². The molecule has 4 nitrogen and oxygen atoms in total. The van der Waals surface area contributed by atoms with Gasteiger partial charge >= 0.3 is 0 Å². The van der Waals surface area contributed by atoms with Crippen LogP contribution in [-0.4, -0.2) is 5.97 Å². The summed E-state index contributed by atoms with van der Waals surface area (Å²) >= 11 is 6.01. The fourth-order valence-electron chi connectivity index (χ4n) is 2.39. The van der Waals surface area contributed by atoms with Gasteiger partial charge in [-0.15, -0.1) is 0 Å². The lowest BCUT2D eigenvalue weighted by atomic mass is 10.1. The Bertz CT molecular complexity index is 952. The molecule has 3 rings (SSSR count). The SMILES string of the molecule is O=C([O-])c1ccc(Cc2cc(Cl)ccc2OCc2ccc(F)cc2F)o1. The molecule has 0 aliphatic carbocycles. The zero-order chi connectivity index (χ0) is 18.7. The topological polar surface area (TPSA) is 62.5 Å². The number of hydrogen-bond acceptors (Lipinski definition) is 4. The summed E-state index contributed by atoms with van der Waals surface area (Å²) in [5.74, 6) is -2.26. The Morgan fingerprint density at radius 1 is 1.08 bits per heavy atom. The molecule has 0 bridgehead atoms. The molecule has 0 spiro atoms. The monoisotopic (exact) mass is 377 g/mol. The summed E-state index contributed by atoms with van der Waals surface area (Å²) in [4.78, 5) is 10.8. The summed E-state index contributed by atoms with van der Waals surface area (Å²) in [5.41, 5.74) is 0.823. The minimum Gasteiger partial charge on any atom is -0.542 e. The maximum Gasteiger partial charge on any atom is 0.149 e. The van der Waals surface area contributed by atoms with Crippen LogP contribution in [0.4, 0.5) is 8.78 Å². The van der Waals surface area contributed by atoms with E-state index in [1.807, 2.05) is 0 Å². The summed E-state index contributed by atoms with van der Waals surface area (Å²) in [5, 5.41) is 11.2. The molecule has 0 amide bonds. The van der Waals surface area contributed by atoms with Crippen molar-refractivity contribution in [1.82, 2.24) is 0 Å². The van der Waals surface area contributed by atoms with E-state index in [4.69, 9.17) is 20.8 Å². The third kappa shape index (κ3) is 4.21. The molecule has 0 atom stereocenters. The second-order valence-corrected chi connectivity index (χ2v) is 5.94. The summed E-state index contributed by atoms with van der Waals surface area (Å²) in [6.07, 6.45) is 0.217. The number of carboxylic acids is 1. The van der Waals surface area contributed by atoms with Crippen molar-refractivity contribution >= 4 is 17.6 Å². The summed E-state index contributed by atoms with van der Waals surface area (Å²) in [6, 6.07) is 10.9. The van der Waals surface area contributed by atoms with E-state index in [0.29, 0.717) is 22.1 Å². The van der Waals surface area contributed by atoms with Gasteiger partial charge in [0.2, 0.25) is 0 Å². The Morgan fingerprint density at radius 2 is 1.88 bits per heavy atom. The van der Waals surface area contributed by atoms with Crippen LogP contribution in [0.3, 0.4) is 0 Å². The number of carbonyl (C=O) groups is 1. The van der Waals surface area contributed by atoms with Gasteiger partial charge in [0, 0.05) is 28.6 Å². The van der Waals surface area contributed by atoms with Crippen LogP contribution >= 0.6 is 11.6 Å². The highest BCUT2D eigenvalue weighted by Crippen LogP contribution is 2.27. The highest BCUT2D eigenvalue weighted by molar-refractivity contribution is 6.30. The average Bonchev–Trinajstić information content (AvgIpc) is 3.04. The number of aromatic carboxylic acids is 1. The fraction of sp³-hybridized carbons (Fsp3) is 0.105. The van der Waals surface area contributed by atoms with Crippen molar-refractivity contribution in [3.8, 4) is 5.75 Å². The second-order valence-electron chi connectivity index (χ2n) is 5.51. The molecular weight excluding hydrogens is 366 g/mol. The Hall–Kier alpha value is -2.86. The van der Waals surface area contributed by atoms with Crippen LogP contribution in [0.15, 0.2) is 52.9 Å². The Kier molecular flexibility index (Phi) is 5.23. The number of furan rings is 1. The lowest BCUT2D eigenvalue weighted by molar-refractivity contribution is -0.257. The van der Waals surface area contributed by atoms with Gasteiger partial charge in [-0.3, -0.25) is 0 Å². The van der Waals surface area contributed by atoms with Crippen LogP contribution in [0.25, 0.3) is 0 Å². The molecule has 0 N–H and O–H groups in total. The van der Waals surface area contributed by atoms with E-state index in [0.717, 1.165) is 12.1 Å². The van der Waals surface area contributed by atoms with Crippen molar-refractivity contribution in [2.75, 3.05) is 0 Å². The largest absolute Gasteiger partial charge is 0.542 e. The normalized spacial score (nSPS) is 10.7. The summed E-state index contributed by atoms with van der Waals surface area (Å²) < 4.78 is 37.5. The van der Waals surface area contributed by atoms with E-state index in [-0.39, 0.29) is 24.4 Å². The van der Waals surface area contributed by atoms with Crippen molar-refractivity contribution in [3.05, 3.63) is 87.8 Å². The predicted octanol–water partition coefficient (Wildman–Crippen LogP) is 3.74. The smallest absolute Gasteiger partial charge is 0.149 e. The summed E-state index contributed by atoms with van der Waals surface area (Å²) in [7, 11) is 0. The maximum absolute atomic E-state index is 13.7. The molecule has 0 fully saturated rings. The third-order valence-electron chi connectivity index (χ3n) is 3.65. The third-order valence-corrected chi connectivity index (χ3v) is 3.88. The average molecular weight is 378 g/mol. The molecule has 0 aliphatic heterocycles. The standard InChI is InChI=1S/C19H13ClF2O4/c20-13-2-5-17(25-10-11-1-3-14(21)9-16(11)22)12(7-13)8-15-4-6-18(26-15)19(23)24/h1-7,9H,8,10H2,(H,23,24)/p-1. The zero-order valence-corrected chi connectivity index (χ0v) is 14.1. The van der Waals surface area contributed by atoms with E-state index in [1.165, 1.54) is 18.2 Å². The molecule has 0 radical (unpaired) electrons. The second kappa shape index (κ2) is 7.58. The highest BCUT2D eigenvalue weighted by atomic mass is 35.5. The van der Waals surface area contributed by atoms with E-state index in [2.05, 4.69) is 0 Å². The van der Waals surface area contributed by atoms with Gasteiger partial charge in [0.05, 0.1) is 0 Å². The summed E-state index contributed by atoms with van der Waals surface area (Å²) in [6.45, 7) is -0.108. The number of halogens is 3. The highest BCUT2D eigenvalue weighted by Gasteiger charge is 2.11. The molecule has 3 aromatic rings. The first kappa shape index (κ1) is 17.9. The van der Waals surface area contributed by atoms with Crippen LogP contribution in [-0.2, 0) is 13.0 Å². The number of ether oxygens (including phenoxy) is 1. The lowest BCUT2D eigenvalue weighted by Gasteiger charge is -2.12. The van der Waals surface area contributed by atoms with Crippen LogP contribution in [0.5, 0.6) is 5.75 Å². The van der Waals surface area contributed by atoms with Gasteiger partial charge in [0.25, 0.3) is 0 Å². The molecule has 7 heteroatoms. The molecule has 2 aromatic carbocycles. The number of rotatable bonds is 6. The van der Waals surface area contributed by atoms with E-state index < -0.39 is 17.6 Å². The number of carbonyl (C=O) groups excluding carboxylic acids is 1. The quantitative estimate of drug-likeness (QED) is 0.656. The molecule has 0 saturated heterocycles. The van der Waals surface area contributed by atoms with Gasteiger partial charge in [-0.25, -0.2) is 8.78 Å². The minimum atomic E-state index is -1.41. The van der Waals surface area contributed by atoms with Crippen LogP contribution in [0.1, 0.15) is 27.4 Å². The van der Waals surface area contributed by atoms with E-state index >= 15 is 0 Å². The van der Waals surface area contributed by atoms with Gasteiger partial charge in [0.1, 0.15) is 41.5 Å². The van der Waals surface area contributed by atoms with Crippen molar-refractivity contribution in [2.24, 2.45) is 0 Å². The molecule has 1 aromatic heterocycles. The number of benzene rings is 2. The van der Waals surface area contributed by atoms with Crippen LogP contribution in [0.2, 0.25) is 5.02 Å². The molecule has 0 aliphatic rings. The van der Waals surface area contributed by atoms with Crippen molar-refractivity contribution < 1.29 is 27.8 Å². The first-order chi connectivity index (χ1) is 12.4. The van der Waals surface area contributed by atoms with Gasteiger partial charge < -0.3 is 19.1 Å².